The van der Waals surface area contributed by atoms with Crippen molar-refractivity contribution in [3.05, 3.63) is 54.2 Å². The molecule has 1 amide bonds. The van der Waals surface area contributed by atoms with E-state index < -0.39 is 0 Å². The van der Waals surface area contributed by atoms with E-state index in [1.165, 1.54) is 11.8 Å². The van der Waals surface area contributed by atoms with Crippen molar-refractivity contribution in [1.82, 2.24) is 14.8 Å². The molecule has 132 valence electrons. The molecule has 2 aromatic heterocycles. The number of hydrogen-bond donors (Lipinski definition) is 0. The average molecular weight is 341 g/mol. The van der Waals surface area contributed by atoms with E-state index >= 15 is 0 Å². The number of rotatable bonds is 4. The van der Waals surface area contributed by atoms with E-state index in [1.54, 1.807) is 25.6 Å². The smallest absolute Gasteiger partial charge is 0.257 e. The van der Waals surface area contributed by atoms with Crippen molar-refractivity contribution in [2.45, 2.75) is 31.0 Å². The van der Waals surface area contributed by atoms with Crippen LogP contribution >= 0.6 is 0 Å². The van der Waals surface area contributed by atoms with Crippen LogP contribution in [-0.2, 0) is 4.74 Å². The summed E-state index contributed by atoms with van der Waals surface area (Å²) >= 11 is 0. The number of nitrogens with zero attached hydrogens (tertiary/aromatic N) is 3. The summed E-state index contributed by atoms with van der Waals surface area (Å²) in [6, 6.07) is 6.56. The SMILES string of the molecule is CO[C@H]1CN(C2CCN(C(=O)c3ccoc3)CC2)[C@H]1c1cccnc1. The predicted molar refractivity (Wildman–Crippen MR) is 92.1 cm³/mol. The Bertz CT molecular complexity index is 696. The lowest BCUT2D eigenvalue weighted by Crippen LogP contribution is -2.60. The Kier molecular flexibility index (Phi) is 4.55. The third kappa shape index (κ3) is 3.07. The van der Waals surface area contributed by atoms with Crippen LogP contribution in [0, 0.1) is 0 Å². The fourth-order valence-corrected chi connectivity index (χ4v) is 4.00. The summed E-state index contributed by atoms with van der Waals surface area (Å²) in [6.45, 7) is 2.50. The van der Waals surface area contributed by atoms with Crippen molar-refractivity contribution >= 4 is 5.91 Å². The van der Waals surface area contributed by atoms with Gasteiger partial charge in [0.05, 0.1) is 24.0 Å². The molecule has 2 aromatic rings. The second-order valence-corrected chi connectivity index (χ2v) is 6.74. The summed E-state index contributed by atoms with van der Waals surface area (Å²) in [5.41, 5.74) is 1.84. The van der Waals surface area contributed by atoms with Gasteiger partial charge in [-0.15, -0.1) is 0 Å². The summed E-state index contributed by atoms with van der Waals surface area (Å²) in [5, 5.41) is 0. The van der Waals surface area contributed by atoms with Gasteiger partial charge >= 0.3 is 0 Å². The molecule has 6 heteroatoms. The maximum atomic E-state index is 12.4. The molecule has 0 saturated carbocycles. The molecule has 0 spiro atoms. The third-order valence-electron chi connectivity index (χ3n) is 5.42. The average Bonchev–Trinajstić information content (AvgIpc) is 3.17. The number of piperidine rings is 1. The quantitative estimate of drug-likeness (QED) is 0.854. The third-order valence-corrected chi connectivity index (χ3v) is 5.42. The first-order valence-corrected chi connectivity index (χ1v) is 8.78. The van der Waals surface area contributed by atoms with Crippen molar-refractivity contribution in [3.63, 3.8) is 0 Å². The van der Waals surface area contributed by atoms with E-state index in [4.69, 9.17) is 9.15 Å². The van der Waals surface area contributed by atoms with Crippen molar-refractivity contribution in [3.8, 4) is 0 Å². The largest absolute Gasteiger partial charge is 0.472 e. The van der Waals surface area contributed by atoms with Gasteiger partial charge in [-0.05, 0) is 30.5 Å². The first-order valence-electron chi connectivity index (χ1n) is 8.78. The van der Waals surface area contributed by atoms with E-state index in [0.29, 0.717) is 11.6 Å². The molecular weight excluding hydrogens is 318 g/mol. The van der Waals surface area contributed by atoms with Gasteiger partial charge in [0.1, 0.15) is 6.26 Å². The highest BCUT2D eigenvalue weighted by atomic mass is 16.5. The van der Waals surface area contributed by atoms with E-state index in [2.05, 4.69) is 16.0 Å². The van der Waals surface area contributed by atoms with Crippen LogP contribution in [0.15, 0.2) is 47.5 Å². The zero-order valence-corrected chi connectivity index (χ0v) is 14.4. The summed E-state index contributed by atoms with van der Waals surface area (Å²) in [4.78, 5) is 21.1. The van der Waals surface area contributed by atoms with Gasteiger partial charge in [0.25, 0.3) is 5.91 Å². The van der Waals surface area contributed by atoms with Crippen LogP contribution < -0.4 is 0 Å². The molecule has 2 aliphatic rings. The molecule has 0 bridgehead atoms. The minimum atomic E-state index is 0.0642. The molecule has 0 aliphatic carbocycles. The van der Waals surface area contributed by atoms with Gasteiger partial charge in [0.15, 0.2) is 0 Å². The van der Waals surface area contributed by atoms with Crippen molar-refractivity contribution in [2.75, 3.05) is 26.7 Å². The normalized spacial score (nSPS) is 24.9. The summed E-state index contributed by atoms with van der Waals surface area (Å²) in [5.74, 6) is 0.0642. The number of amides is 1. The Hall–Kier alpha value is -2.18. The Morgan fingerprint density at radius 2 is 2.16 bits per heavy atom. The number of carbonyl (C=O) groups excluding carboxylic acids is 1. The highest BCUT2D eigenvalue weighted by Gasteiger charge is 2.44. The molecule has 0 radical (unpaired) electrons. The Balaban J connectivity index is 1.40. The monoisotopic (exact) mass is 341 g/mol. The number of methoxy groups -OCH3 is 1. The zero-order chi connectivity index (χ0) is 17.2. The van der Waals surface area contributed by atoms with Crippen molar-refractivity contribution in [2.24, 2.45) is 0 Å². The molecule has 25 heavy (non-hydrogen) atoms. The number of pyridine rings is 1. The molecule has 6 nitrogen and oxygen atoms in total. The van der Waals surface area contributed by atoms with Crippen LogP contribution in [0.5, 0.6) is 0 Å². The Morgan fingerprint density at radius 1 is 1.32 bits per heavy atom. The summed E-state index contributed by atoms with van der Waals surface area (Å²) < 4.78 is 10.7. The lowest BCUT2D eigenvalue weighted by Gasteiger charge is -2.52. The molecule has 2 atom stereocenters. The zero-order valence-electron chi connectivity index (χ0n) is 14.4. The number of likely N-dealkylation sites (tertiary alicyclic amines) is 2. The molecule has 2 aliphatic heterocycles. The minimum absolute atomic E-state index is 0.0642. The fraction of sp³-hybridized carbons (Fsp3) is 0.474. The van der Waals surface area contributed by atoms with Gasteiger partial charge in [0, 0.05) is 45.2 Å². The lowest BCUT2D eigenvalue weighted by atomic mass is 9.87. The topological polar surface area (TPSA) is 58.8 Å². The maximum absolute atomic E-state index is 12.4. The second-order valence-electron chi connectivity index (χ2n) is 6.74. The Morgan fingerprint density at radius 3 is 2.80 bits per heavy atom. The minimum Gasteiger partial charge on any atom is -0.472 e. The van der Waals surface area contributed by atoms with Crippen LogP contribution in [0.4, 0.5) is 0 Å². The molecule has 2 fully saturated rings. The maximum Gasteiger partial charge on any atom is 0.257 e. The Labute approximate surface area is 147 Å². The number of furan rings is 1. The van der Waals surface area contributed by atoms with Crippen LogP contribution in [-0.4, -0.2) is 59.6 Å². The number of hydrogen-bond acceptors (Lipinski definition) is 5. The highest BCUT2D eigenvalue weighted by molar-refractivity contribution is 5.93. The van der Waals surface area contributed by atoms with E-state index in [-0.39, 0.29) is 18.1 Å². The molecule has 4 rings (SSSR count). The fourth-order valence-electron chi connectivity index (χ4n) is 4.00. The van der Waals surface area contributed by atoms with Gasteiger partial charge in [-0.25, -0.2) is 0 Å². The molecule has 4 heterocycles. The van der Waals surface area contributed by atoms with E-state index in [9.17, 15) is 4.79 Å². The summed E-state index contributed by atoms with van der Waals surface area (Å²) in [6.07, 6.45) is 8.98. The summed E-state index contributed by atoms with van der Waals surface area (Å²) in [7, 11) is 1.78. The number of ether oxygens (including phenoxy) is 1. The predicted octanol–water partition coefficient (Wildman–Crippen LogP) is 2.35. The van der Waals surface area contributed by atoms with Crippen LogP contribution in [0.3, 0.4) is 0 Å². The molecular formula is C19H23N3O3. The molecule has 0 aromatic carbocycles. The van der Waals surface area contributed by atoms with Crippen LogP contribution in [0.1, 0.15) is 34.8 Å². The van der Waals surface area contributed by atoms with Crippen LogP contribution in [0.2, 0.25) is 0 Å². The van der Waals surface area contributed by atoms with Crippen molar-refractivity contribution in [1.29, 1.82) is 0 Å². The molecule has 0 unspecified atom stereocenters. The molecule has 0 N–H and O–H groups in total. The lowest BCUT2D eigenvalue weighted by molar-refractivity contribution is -0.115. The van der Waals surface area contributed by atoms with E-state index in [0.717, 1.165) is 32.5 Å². The van der Waals surface area contributed by atoms with Gasteiger partial charge in [-0.3, -0.25) is 14.7 Å². The van der Waals surface area contributed by atoms with Crippen LogP contribution in [0.25, 0.3) is 0 Å². The van der Waals surface area contributed by atoms with Gasteiger partial charge in [-0.2, -0.15) is 0 Å². The van der Waals surface area contributed by atoms with Crippen molar-refractivity contribution < 1.29 is 13.9 Å². The first-order chi connectivity index (χ1) is 12.3. The first kappa shape index (κ1) is 16.3. The van der Waals surface area contributed by atoms with E-state index in [1.807, 2.05) is 17.2 Å². The highest BCUT2D eigenvalue weighted by Crippen LogP contribution is 2.39. The molecule has 2 saturated heterocycles. The standard InChI is InChI=1S/C19H23N3O3/c1-24-17-12-22(18(17)14-3-2-7-20-11-14)16-4-8-21(9-5-16)19(23)15-6-10-25-13-15/h2-3,6-7,10-11,13,16-18H,4-5,8-9,12H2,1H3/t17-,18-/m0/s1. The number of aromatic nitrogens is 1. The van der Waals surface area contributed by atoms with Gasteiger partial charge in [0.2, 0.25) is 0 Å². The number of carbonyl (C=O) groups is 1. The second kappa shape index (κ2) is 6.98. The van der Waals surface area contributed by atoms with Gasteiger partial charge < -0.3 is 14.1 Å². The van der Waals surface area contributed by atoms with Gasteiger partial charge in [-0.1, -0.05) is 6.07 Å².